The second-order valence-corrected chi connectivity index (χ2v) is 6.84. The Hall–Kier alpha value is -1.43. The van der Waals surface area contributed by atoms with Crippen molar-refractivity contribution in [2.75, 3.05) is 25.2 Å². The highest BCUT2D eigenvalue weighted by molar-refractivity contribution is 7.91. The van der Waals surface area contributed by atoms with Crippen LogP contribution in [0.15, 0.2) is 18.2 Å². The van der Waals surface area contributed by atoms with Crippen molar-refractivity contribution in [3.63, 3.8) is 0 Å². The van der Waals surface area contributed by atoms with Crippen LogP contribution in [0, 0.1) is 0 Å². The lowest BCUT2D eigenvalue weighted by molar-refractivity contribution is 0.338. The van der Waals surface area contributed by atoms with E-state index < -0.39 is 15.1 Å². The molecule has 0 atom stereocenters. The van der Waals surface area contributed by atoms with Gasteiger partial charge >= 0.3 is 0 Å². The van der Waals surface area contributed by atoms with Crippen molar-refractivity contribution in [3.8, 4) is 11.5 Å². The van der Waals surface area contributed by atoms with Gasteiger partial charge in [-0.25, -0.2) is 8.42 Å². The molecule has 0 aliphatic rings. The molecule has 0 heterocycles. The lowest BCUT2D eigenvalue weighted by atomic mass is 10.3. The van der Waals surface area contributed by atoms with Crippen LogP contribution in [0.5, 0.6) is 11.5 Å². The van der Waals surface area contributed by atoms with Gasteiger partial charge in [0.05, 0.1) is 23.8 Å². The summed E-state index contributed by atoms with van der Waals surface area (Å²) in [6.07, 6.45) is 0. The Labute approximate surface area is 108 Å². The van der Waals surface area contributed by atoms with Gasteiger partial charge in [-0.2, -0.15) is 0 Å². The number of methoxy groups -OCH3 is 1. The van der Waals surface area contributed by atoms with Gasteiger partial charge in [-0.05, 0) is 26.0 Å². The molecule has 0 fully saturated rings. The first-order chi connectivity index (χ1) is 8.36. The number of nitrogens with two attached hydrogens (primary N) is 1. The third-order valence-electron chi connectivity index (χ3n) is 2.56. The maximum atomic E-state index is 11.6. The standard InChI is InChI=1S/C12H19NO4S/c1-9(2)18(14,15)7-6-17-12-8-10(16-3)4-5-11(12)13/h4-5,8-9H,6-7,13H2,1-3H3. The molecule has 0 saturated heterocycles. The highest BCUT2D eigenvalue weighted by Gasteiger charge is 2.16. The predicted octanol–water partition coefficient (Wildman–Crippen LogP) is 1.48. The van der Waals surface area contributed by atoms with Crippen LogP contribution in [0.4, 0.5) is 5.69 Å². The minimum atomic E-state index is -3.09. The van der Waals surface area contributed by atoms with E-state index in [1.165, 1.54) is 0 Å². The van der Waals surface area contributed by atoms with Gasteiger partial charge in [-0.3, -0.25) is 0 Å². The Kier molecular flexibility index (Phi) is 4.84. The molecular weight excluding hydrogens is 254 g/mol. The maximum absolute atomic E-state index is 11.6. The first-order valence-corrected chi connectivity index (χ1v) is 7.36. The number of benzene rings is 1. The van der Waals surface area contributed by atoms with Crippen molar-refractivity contribution in [2.45, 2.75) is 19.1 Å². The summed E-state index contributed by atoms with van der Waals surface area (Å²) in [5.74, 6) is 1.03. The Morgan fingerprint density at radius 1 is 1.33 bits per heavy atom. The minimum Gasteiger partial charge on any atom is -0.497 e. The highest BCUT2D eigenvalue weighted by Crippen LogP contribution is 2.26. The molecule has 0 saturated carbocycles. The molecule has 0 aliphatic heterocycles. The van der Waals surface area contributed by atoms with Crippen LogP contribution < -0.4 is 15.2 Å². The Morgan fingerprint density at radius 3 is 2.56 bits per heavy atom. The molecule has 0 spiro atoms. The summed E-state index contributed by atoms with van der Waals surface area (Å²) >= 11 is 0. The van der Waals surface area contributed by atoms with E-state index in [-0.39, 0.29) is 12.4 Å². The Bertz CT molecular complexity index is 497. The molecule has 18 heavy (non-hydrogen) atoms. The Morgan fingerprint density at radius 2 is 2.00 bits per heavy atom. The maximum Gasteiger partial charge on any atom is 0.155 e. The molecule has 0 bridgehead atoms. The van der Waals surface area contributed by atoms with Gasteiger partial charge in [-0.15, -0.1) is 0 Å². The summed E-state index contributed by atoms with van der Waals surface area (Å²) in [5, 5.41) is -0.399. The summed E-state index contributed by atoms with van der Waals surface area (Å²) in [4.78, 5) is 0. The van der Waals surface area contributed by atoms with E-state index in [9.17, 15) is 8.42 Å². The third-order valence-corrected chi connectivity index (χ3v) is 4.74. The zero-order chi connectivity index (χ0) is 13.8. The fourth-order valence-corrected chi connectivity index (χ4v) is 2.06. The first-order valence-electron chi connectivity index (χ1n) is 5.64. The van der Waals surface area contributed by atoms with Crippen molar-refractivity contribution < 1.29 is 17.9 Å². The molecule has 0 unspecified atom stereocenters. The minimum absolute atomic E-state index is 0.0265. The molecule has 1 aromatic carbocycles. The van der Waals surface area contributed by atoms with E-state index in [1.807, 2.05) is 0 Å². The average Bonchev–Trinajstić information content (AvgIpc) is 2.31. The topological polar surface area (TPSA) is 78.6 Å². The van der Waals surface area contributed by atoms with Crippen molar-refractivity contribution in [1.29, 1.82) is 0 Å². The van der Waals surface area contributed by atoms with Gasteiger partial charge in [0.15, 0.2) is 9.84 Å². The molecule has 0 aliphatic carbocycles. The number of sulfone groups is 1. The Balaban J connectivity index is 2.64. The van der Waals surface area contributed by atoms with E-state index in [1.54, 1.807) is 39.2 Å². The quantitative estimate of drug-likeness (QED) is 0.794. The largest absolute Gasteiger partial charge is 0.497 e. The number of hydrogen-bond donors (Lipinski definition) is 1. The second-order valence-electron chi connectivity index (χ2n) is 4.17. The van der Waals surface area contributed by atoms with Crippen molar-refractivity contribution >= 4 is 15.5 Å². The van der Waals surface area contributed by atoms with Crippen LogP contribution in [0.2, 0.25) is 0 Å². The van der Waals surface area contributed by atoms with Gasteiger partial charge in [0, 0.05) is 6.07 Å². The fourth-order valence-electron chi connectivity index (χ4n) is 1.27. The summed E-state index contributed by atoms with van der Waals surface area (Å²) in [6.45, 7) is 3.38. The smallest absolute Gasteiger partial charge is 0.155 e. The van der Waals surface area contributed by atoms with Gasteiger partial charge in [-0.1, -0.05) is 0 Å². The third kappa shape index (κ3) is 3.80. The molecule has 6 heteroatoms. The molecule has 0 amide bonds. The number of rotatable bonds is 6. The van der Waals surface area contributed by atoms with E-state index in [0.717, 1.165) is 0 Å². The summed E-state index contributed by atoms with van der Waals surface area (Å²) < 4.78 is 33.6. The highest BCUT2D eigenvalue weighted by atomic mass is 32.2. The molecule has 2 N–H and O–H groups in total. The molecule has 1 aromatic rings. The van der Waals surface area contributed by atoms with Crippen molar-refractivity contribution in [2.24, 2.45) is 0 Å². The zero-order valence-corrected chi connectivity index (χ0v) is 11.7. The molecule has 0 aromatic heterocycles. The van der Waals surface area contributed by atoms with Gasteiger partial charge in [0.1, 0.15) is 18.1 Å². The van der Waals surface area contributed by atoms with Crippen LogP contribution >= 0.6 is 0 Å². The van der Waals surface area contributed by atoms with Crippen LogP contribution in [0.1, 0.15) is 13.8 Å². The van der Waals surface area contributed by atoms with Gasteiger partial charge in [0.25, 0.3) is 0 Å². The molecule has 5 nitrogen and oxygen atoms in total. The number of hydrogen-bond acceptors (Lipinski definition) is 5. The number of nitrogen functional groups attached to an aromatic ring is 1. The normalized spacial score (nSPS) is 11.6. The van der Waals surface area contributed by atoms with Gasteiger partial charge < -0.3 is 15.2 Å². The zero-order valence-electron chi connectivity index (χ0n) is 10.8. The monoisotopic (exact) mass is 273 g/mol. The van der Waals surface area contributed by atoms with Crippen molar-refractivity contribution in [3.05, 3.63) is 18.2 Å². The van der Waals surface area contributed by atoms with Crippen LogP contribution in [0.3, 0.4) is 0 Å². The summed E-state index contributed by atoms with van der Waals surface area (Å²) in [6, 6.07) is 5.01. The first kappa shape index (κ1) is 14.6. The van der Waals surface area contributed by atoms with Crippen LogP contribution in [-0.4, -0.2) is 33.1 Å². The van der Waals surface area contributed by atoms with Crippen LogP contribution in [-0.2, 0) is 9.84 Å². The predicted molar refractivity (Wildman–Crippen MR) is 71.8 cm³/mol. The fraction of sp³-hybridized carbons (Fsp3) is 0.500. The molecule has 0 radical (unpaired) electrons. The average molecular weight is 273 g/mol. The second kappa shape index (κ2) is 5.95. The SMILES string of the molecule is COc1ccc(N)c(OCCS(=O)(=O)C(C)C)c1. The lowest BCUT2D eigenvalue weighted by Gasteiger charge is -2.11. The van der Waals surface area contributed by atoms with Gasteiger partial charge in [0.2, 0.25) is 0 Å². The van der Waals surface area contributed by atoms with Crippen LogP contribution in [0.25, 0.3) is 0 Å². The van der Waals surface area contributed by atoms with E-state index in [2.05, 4.69) is 0 Å². The summed E-state index contributed by atoms with van der Waals surface area (Å²) in [7, 11) is -1.55. The molecule has 102 valence electrons. The molecule has 1 rings (SSSR count). The van der Waals surface area contributed by atoms with E-state index in [4.69, 9.17) is 15.2 Å². The number of ether oxygens (including phenoxy) is 2. The molecular formula is C12H19NO4S. The summed E-state index contributed by atoms with van der Waals surface area (Å²) in [5.41, 5.74) is 6.18. The van der Waals surface area contributed by atoms with Crippen molar-refractivity contribution in [1.82, 2.24) is 0 Å². The van der Waals surface area contributed by atoms with E-state index in [0.29, 0.717) is 17.2 Å². The van der Waals surface area contributed by atoms with E-state index >= 15 is 0 Å². The lowest BCUT2D eigenvalue weighted by Crippen LogP contribution is -2.22. The number of anilines is 1.